The van der Waals surface area contributed by atoms with Crippen LogP contribution in [0.15, 0.2) is 12.1 Å². The number of benzene rings is 1. The summed E-state index contributed by atoms with van der Waals surface area (Å²) in [4.78, 5) is 22.1. The van der Waals surface area contributed by atoms with Crippen molar-refractivity contribution in [3.8, 4) is 0 Å². The fraction of sp³-hybridized carbons (Fsp3) is 0.385. The van der Waals surface area contributed by atoms with Gasteiger partial charge in [0.05, 0.1) is 13.0 Å². The molecule has 3 nitrogen and oxygen atoms in total. The molecular formula is C13H16O3. The lowest BCUT2D eigenvalue weighted by molar-refractivity contribution is -0.142. The highest BCUT2D eigenvalue weighted by Crippen LogP contribution is 2.15. The number of carbonyl (C=O) groups excluding carboxylic acids is 2. The largest absolute Gasteiger partial charge is 0.466 e. The van der Waals surface area contributed by atoms with Gasteiger partial charge in [0, 0.05) is 5.56 Å². The summed E-state index contributed by atoms with van der Waals surface area (Å²) in [7, 11) is 0. The van der Waals surface area contributed by atoms with Crippen LogP contribution in [0.1, 0.15) is 34.0 Å². The van der Waals surface area contributed by atoms with Gasteiger partial charge in [0.15, 0.2) is 0 Å². The Hall–Kier alpha value is -1.64. The average Bonchev–Trinajstić information content (AvgIpc) is 2.23. The molecule has 0 saturated carbocycles. The van der Waals surface area contributed by atoms with E-state index >= 15 is 0 Å². The highest BCUT2D eigenvalue weighted by Gasteiger charge is 2.08. The zero-order chi connectivity index (χ0) is 12.1. The first-order chi connectivity index (χ1) is 7.58. The third kappa shape index (κ3) is 2.92. The molecule has 3 heteroatoms. The molecule has 1 rings (SSSR count). The molecule has 0 aliphatic heterocycles. The zero-order valence-corrected chi connectivity index (χ0v) is 9.87. The lowest BCUT2D eigenvalue weighted by Gasteiger charge is -2.08. The second kappa shape index (κ2) is 5.45. The second-order valence-electron chi connectivity index (χ2n) is 3.73. The van der Waals surface area contributed by atoms with Gasteiger partial charge < -0.3 is 4.74 Å². The van der Waals surface area contributed by atoms with Crippen LogP contribution in [0.5, 0.6) is 0 Å². The van der Waals surface area contributed by atoms with Crippen molar-refractivity contribution in [2.24, 2.45) is 0 Å². The van der Waals surface area contributed by atoms with E-state index in [1.165, 1.54) is 0 Å². The molecule has 0 aromatic heterocycles. The predicted molar refractivity (Wildman–Crippen MR) is 61.6 cm³/mol. The average molecular weight is 220 g/mol. The lowest BCUT2D eigenvalue weighted by Crippen LogP contribution is -2.08. The molecular weight excluding hydrogens is 204 g/mol. The van der Waals surface area contributed by atoms with Gasteiger partial charge in [-0.2, -0.15) is 0 Å². The highest BCUT2D eigenvalue weighted by atomic mass is 16.5. The Morgan fingerprint density at radius 3 is 2.62 bits per heavy atom. The van der Waals surface area contributed by atoms with Crippen LogP contribution in [-0.4, -0.2) is 18.9 Å². The maximum atomic E-state index is 11.3. The van der Waals surface area contributed by atoms with Gasteiger partial charge in [-0.1, -0.05) is 6.07 Å². The monoisotopic (exact) mass is 220 g/mol. The molecule has 16 heavy (non-hydrogen) atoms. The number of esters is 1. The summed E-state index contributed by atoms with van der Waals surface area (Å²) >= 11 is 0. The van der Waals surface area contributed by atoms with Gasteiger partial charge >= 0.3 is 5.97 Å². The summed E-state index contributed by atoms with van der Waals surface area (Å²) in [6.07, 6.45) is 1.03. The first kappa shape index (κ1) is 12.4. The minimum atomic E-state index is -0.261. The Bertz CT molecular complexity index is 408. The van der Waals surface area contributed by atoms with E-state index in [0.717, 1.165) is 23.0 Å². The van der Waals surface area contributed by atoms with Crippen molar-refractivity contribution in [2.45, 2.75) is 27.2 Å². The maximum Gasteiger partial charge on any atom is 0.310 e. The van der Waals surface area contributed by atoms with Crippen molar-refractivity contribution in [1.82, 2.24) is 0 Å². The Kier molecular flexibility index (Phi) is 4.23. The van der Waals surface area contributed by atoms with Crippen LogP contribution in [0.2, 0.25) is 0 Å². The van der Waals surface area contributed by atoms with E-state index in [4.69, 9.17) is 4.74 Å². The van der Waals surface area contributed by atoms with Gasteiger partial charge in [-0.3, -0.25) is 9.59 Å². The standard InChI is InChI=1S/C13H16O3/c1-4-16-13(15)7-11-5-9(2)10(3)12(6-11)8-14/h5-6,8H,4,7H2,1-3H3. The lowest BCUT2D eigenvalue weighted by atomic mass is 9.99. The fourth-order valence-electron chi connectivity index (χ4n) is 1.57. The molecule has 0 bridgehead atoms. The maximum absolute atomic E-state index is 11.3. The third-order valence-corrected chi connectivity index (χ3v) is 2.55. The molecule has 0 aliphatic rings. The normalized spacial score (nSPS) is 9.94. The van der Waals surface area contributed by atoms with Crippen molar-refractivity contribution in [3.63, 3.8) is 0 Å². The summed E-state index contributed by atoms with van der Waals surface area (Å²) in [6, 6.07) is 3.66. The first-order valence-electron chi connectivity index (χ1n) is 5.29. The molecule has 1 aromatic carbocycles. The van der Waals surface area contributed by atoms with Crippen molar-refractivity contribution in [3.05, 3.63) is 34.4 Å². The Labute approximate surface area is 95.4 Å². The number of aryl methyl sites for hydroxylation is 1. The Morgan fingerprint density at radius 2 is 2.06 bits per heavy atom. The smallest absolute Gasteiger partial charge is 0.310 e. The number of hydrogen-bond acceptors (Lipinski definition) is 3. The number of ether oxygens (including phenoxy) is 1. The minimum Gasteiger partial charge on any atom is -0.466 e. The number of aldehydes is 1. The molecule has 0 radical (unpaired) electrons. The summed E-state index contributed by atoms with van der Waals surface area (Å²) in [5, 5.41) is 0. The topological polar surface area (TPSA) is 43.4 Å². The number of hydrogen-bond donors (Lipinski definition) is 0. The van der Waals surface area contributed by atoms with Gasteiger partial charge in [-0.25, -0.2) is 0 Å². The molecule has 0 atom stereocenters. The number of rotatable bonds is 4. The Balaban J connectivity index is 2.94. The van der Waals surface area contributed by atoms with Crippen LogP contribution in [-0.2, 0) is 16.0 Å². The molecule has 1 aromatic rings. The Morgan fingerprint density at radius 1 is 1.38 bits per heavy atom. The van der Waals surface area contributed by atoms with Crippen molar-refractivity contribution < 1.29 is 14.3 Å². The molecule has 0 amide bonds. The summed E-state index contributed by atoms with van der Waals surface area (Å²) in [6.45, 7) is 5.98. The van der Waals surface area contributed by atoms with Crippen molar-refractivity contribution in [1.29, 1.82) is 0 Å². The van der Waals surface area contributed by atoms with Crippen LogP contribution in [0.25, 0.3) is 0 Å². The molecule has 0 N–H and O–H groups in total. The van der Waals surface area contributed by atoms with Gasteiger partial charge in [-0.05, 0) is 43.5 Å². The molecule has 0 heterocycles. The van der Waals surface area contributed by atoms with Crippen LogP contribution >= 0.6 is 0 Å². The van der Waals surface area contributed by atoms with Crippen LogP contribution in [0, 0.1) is 13.8 Å². The van der Waals surface area contributed by atoms with E-state index in [9.17, 15) is 9.59 Å². The van der Waals surface area contributed by atoms with Gasteiger partial charge in [-0.15, -0.1) is 0 Å². The molecule has 86 valence electrons. The van der Waals surface area contributed by atoms with Gasteiger partial charge in [0.25, 0.3) is 0 Å². The van der Waals surface area contributed by atoms with Crippen molar-refractivity contribution >= 4 is 12.3 Å². The fourth-order valence-corrected chi connectivity index (χ4v) is 1.57. The minimum absolute atomic E-state index is 0.218. The SMILES string of the molecule is CCOC(=O)Cc1cc(C)c(C)c(C=O)c1. The van der Waals surface area contributed by atoms with Crippen LogP contribution in [0.3, 0.4) is 0 Å². The number of carbonyl (C=O) groups is 2. The zero-order valence-electron chi connectivity index (χ0n) is 9.87. The molecule has 0 fully saturated rings. The van der Waals surface area contributed by atoms with E-state index in [-0.39, 0.29) is 12.4 Å². The van der Waals surface area contributed by atoms with Gasteiger partial charge in [0.2, 0.25) is 0 Å². The van der Waals surface area contributed by atoms with Crippen LogP contribution < -0.4 is 0 Å². The second-order valence-corrected chi connectivity index (χ2v) is 3.73. The molecule has 0 unspecified atom stereocenters. The van der Waals surface area contributed by atoms with E-state index in [0.29, 0.717) is 12.2 Å². The molecule has 0 saturated heterocycles. The molecule has 0 aliphatic carbocycles. The summed E-state index contributed by atoms with van der Waals surface area (Å²) in [5.74, 6) is -0.261. The van der Waals surface area contributed by atoms with E-state index in [1.54, 1.807) is 13.0 Å². The molecule has 0 spiro atoms. The quantitative estimate of drug-likeness (QED) is 0.577. The predicted octanol–water partition coefficient (Wildman–Crippen LogP) is 2.22. The summed E-state index contributed by atoms with van der Waals surface area (Å²) in [5.41, 5.74) is 3.44. The highest BCUT2D eigenvalue weighted by molar-refractivity contribution is 5.80. The van der Waals surface area contributed by atoms with E-state index in [1.807, 2.05) is 19.9 Å². The van der Waals surface area contributed by atoms with Crippen LogP contribution in [0.4, 0.5) is 0 Å². The summed E-state index contributed by atoms with van der Waals surface area (Å²) < 4.78 is 4.86. The third-order valence-electron chi connectivity index (χ3n) is 2.55. The van der Waals surface area contributed by atoms with E-state index in [2.05, 4.69) is 0 Å². The van der Waals surface area contributed by atoms with Crippen molar-refractivity contribution in [2.75, 3.05) is 6.61 Å². The first-order valence-corrected chi connectivity index (χ1v) is 5.29. The van der Waals surface area contributed by atoms with E-state index < -0.39 is 0 Å². The van der Waals surface area contributed by atoms with Gasteiger partial charge in [0.1, 0.15) is 6.29 Å².